The van der Waals surface area contributed by atoms with Gasteiger partial charge in [0.1, 0.15) is 16.5 Å². The molecule has 8 heteroatoms. The quantitative estimate of drug-likeness (QED) is 0.529. The lowest BCUT2D eigenvalue weighted by atomic mass is 10.2. The molecule has 0 radical (unpaired) electrons. The van der Waals surface area contributed by atoms with Gasteiger partial charge >= 0.3 is 0 Å². The summed E-state index contributed by atoms with van der Waals surface area (Å²) < 4.78 is 12.6. The van der Waals surface area contributed by atoms with Gasteiger partial charge in [0.2, 0.25) is 5.95 Å². The first-order valence-electron chi connectivity index (χ1n) is 8.81. The average molecular weight is 395 g/mol. The van der Waals surface area contributed by atoms with Crippen LogP contribution < -0.4 is 14.8 Å². The predicted octanol–water partition coefficient (Wildman–Crippen LogP) is 4.12. The number of aryl methyl sites for hydroxylation is 2. The summed E-state index contributed by atoms with van der Waals surface area (Å²) in [6.45, 7) is 4.61. The summed E-state index contributed by atoms with van der Waals surface area (Å²) in [7, 11) is 3.27. The number of thiophene rings is 1. The molecule has 0 unspecified atom stereocenters. The maximum absolute atomic E-state index is 5.40. The van der Waals surface area contributed by atoms with Crippen LogP contribution in [0.5, 0.6) is 11.5 Å². The summed E-state index contributed by atoms with van der Waals surface area (Å²) in [5.41, 5.74) is 2.22. The molecule has 0 saturated heterocycles. The second-order valence-electron chi connectivity index (χ2n) is 6.36. The summed E-state index contributed by atoms with van der Waals surface area (Å²) in [5, 5.41) is 6.62. The van der Waals surface area contributed by atoms with Crippen LogP contribution in [0.2, 0.25) is 0 Å². The highest BCUT2D eigenvalue weighted by atomic mass is 32.1. The normalized spacial score (nSPS) is 11.0. The molecular weight excluding hydrogens is 374 g/mol. The van der Waals surface area contributed by atoms with Crippen molar-refractivity contribution in [2.45, 2.75) is 20.4 Å². The molecule has 1 aromatic carbocycles. The van der Waals surface area contributed by atoms with Crippen molar-refractivity contribution in [3.8, 4) is 17.4 Å². The third kappa shape index (κ3) is 3.27. The highest BCUT2D eigenvalue weighted by molar-refractivity contribution is 7.17. The van der Waals surface area contributed by atoms with Gasteiger partial charge in [-0.25, -0.2) is 9.97 Å². The third-order valence-corrected chi connectivity index (χ3v) is 5.54. The van der Waals surface area contributed by atoms with E-state index in [0.29, 0.717) is 24.0 Å². The van der Waals surface area contributed by atoms with Gasteiger partial charge in [-0.2, -0.15) is 4.98 Å². The van der Waals surface area contributed by atoms with Crippen LogP contribution in [0.15, 0.2) is 36.0 Å². The monoisotopic (exact) mass is 395 g/mol. The first-order chi connectivity index (χ1) is 13.6. The fraction of sp³-hybridized carbons (Fsp3) is 0.250. The molecule has 0 fully saturated rings. The van der Waals surface area contributed by atoms with E-state index < -0.39 is 0 Å². The number of ether oxygens (including phenoxy) is 2. The molecule has 0 aliphatic heterocycles. The van der Waals surface area contributed by atoms with Gasteiger partial charge in [0, 0.05) is 18.9 Å². The van der Waals surface area contributed by atoms with Gasteiger partial charge in [-0.3, -0.25) is 4.57 Å². The summed E-state index contributed by atoms with van der Waals surface area (Å²) in [6.07, 6.45) is 3.62. The summed E-state index contributed by atoms with van der Waals surface area (Å²) in [5.74, 6) is 3.68. The summed E-state index contributed by atoms with van der Waals surface area (Å²) in [4.78, 5) is 14.7. The Balaban J connectivity index is 1.70. The molecule has 0 atom stereocenters. The van der Waals surface area contributed by atoms with Crippen molar-refractivity contribution >= 4 is 27.4 Å². The molecule has 28 heavy (non-hydrogen) atoms. The third-order valence-electron chi connectivity index (χ3n) is 4.55. The second kappa shape index (κ2) is 7.47. The molecule has 0 saturated carbocycles. The first kappa shape index (κ1) is 18.2. The second-order valence-corrected chi connectivity index (χ2v) is 7.22. The van der Waals surface area contributed by atoms with E-state index in [-0.39, 0.29) is 0 Å². The van der Waals surface area contributed by atoms with Crippen LogP contribution in [0.25, 0.3) is 16.2 Å². The molecular formula is C20H21N5O2S. The smallest absolute Gasteiger partial charge is 0.238 e. The molecule has 144 valence electrons. The molecule has 4 rings (SSSR count). The highest BCUT2D eigenvalue weighted by Crippen LogP contribution is 2.31. The fourth-order valence-electron chi connectivity index (χ4n) is 3.07. The standard InChI is InChI=1S/C20H21N5O2S/c1-12-11-28-19-17(12)18(23-20(24-19)25-8-7-21-13(25)2)22-10-14-5-6-15(26-3)16(9-14)27-4/h5-9,11H,10H2,1-4H3,(H,22,23,24). The Morgan fingerprint density at radius 2 is 1.93 bits per heavy atom. The number of methoxy groups -OCH3 is 2. The van der Waals surface area contributed by atoms with Gasteiger partial charge in [0.15, 0.2) is 11.5 Å². The van der Waals surface area contributed by atoms with Crippen molar-refractivity contribution in [3.05, 3.63) is 52.9 Å². The average Bonchev–Trinajstić information content (AvgIpc) is 3.31. The van der Waals surface area contributed by atoms with Crippen LogP contribution in [0.1, 0.15) is 17.0 Å². The first-order valence-corrected chi connectivity index (χ1v) is 9.69. The Morgan fingerprint density at radius 3 is 2.64 bits per heavy atom. The van der Waals surface area contributed by atoms with Gasteiger partial charge in [-0.15, -0.1) is 11.3 Å². The van der Waals surface area contributed by atoms with E-state index in [1.165, 1.54) is 0 Å². The Morgan fingerprint density at radius 1 is 1.11 bits per heavy atom. The number of hydrogen-bond donors (Lipinski definition) is 1. The van der Waals surface area contributed by atoms with Crippen LogP contribution >= 0.6 is 11.3 Å². The Hall–Kier alpha value is -3.13. The molecule has 0 bridgehead atoms. The number of benzene rings is 1. The van der Waals surface area contributed by atoms with E-state index in [1.807, 2.05) is 35.9 Å². The fourth-order valence-corrected chi connectivity index (χ4v) is 3.99. The molecule has 3 heterocycles. The lowest BCUT2D eigenvalue weighted by Gasteiger charge is -2.12. The topological polar surface area (TPSA) is 74.1 Å². The number of fused-ring (bicyclic) bond motifs is 1. The van der Waals surface area contributed by atoms with Crippen molar-refractivity contribution in [3.63, 3.8) is 0 Å². The molecule has 1 N–H and O–H groups in total. The number of nitrogens with zero attached hydrogens (tertiary/aromatic N) is 4. The molecule has 4 aromatic rings. The molecule has 0 spiro atoms. The minimum absolute atomic E-state index is 0.601. The van der Waals surface area contributed by atoms with Crippen LogP contribution in [0.3, 0.4) is 0 Å². The predicted molar refractivity (Wildman–Crippen MR) is 111 cm³/mol. The number of anilines is 1. The van der Waals surface area contributed by atoms with E-state index in [2.05, 4.69) is 22.6 Å². The van der Waals surface area contributed by atoms with Gasteiger partial charge in [0.25, 0.3) is 0 Å². The Kier molecular flexibility index (Phi) is 4.87. The van der Waals surface area contributed by atoms with Gasteiger partial charge < -0.3 is 14.8 Å². The minimum Gasteiger partial charge on any atom is -0.493 e. The zero-order chi connectivity index (χ0) is 19.7. The maximum Gasteiger partial charge on any atom is 0.238 e. The van der Waals surface area contributed by atoms with E-state index in [9.17, 15) is 0 Å². The number of hydrogen-bond acceptors (Lipinski definition) is 7. The van der Waals surface area contributed by atoms with E-state index in [4.69, 9.17) is 19.4 Å². The van der Waals surface area contributed by atoms with Crippen LogP contribution in [-0.4, -0.2) is 33.7 Å². The van der Waals surface area contributed by atoms with Gasteiger partial charge in [0.05, 0.1) is 19.6 Å². The number of aromatic nitrogens is 4. The summed E-state index contributed by atoms with van der Waals surface area (Å²) >= 11 is 1.62. The van der Waals surface area contributed by atoms with Gasteiger partial charge in [-0.05, 0) is 42.5 Å². The largest absolute Gasteiger partial charge is 0.493 e. The number of rotatable bonds is 6. The van der Waals surface area contributed by atoms with Gasteiger partial charge in [-0.1, -0.05) is 6.07 Å². The summed E-state index contributed by atoms with van der Waals surface area (Å²) in [6, 6.07) is 5.88. The number of imidazole rings is 1. The van der Waals surface area contributed by atoms with Crippen LogP contribution in [0.4, 0.5) is 5.82 Å². The minimum atomic E-state index is 0.601. The number of nitrogens with one attached hydrogen (secondary N) is 1. The van der Waals surface area contributed by atoms with Crippen molar-refractivity contribution in [2.75, 3.05) is 19.5 Å². The van der Waals surface area contributed by atoms with Crippen molar-refractivity contribution < 1.29 is 9.47 Å². The molecule has 7 nitrogen and oxygen atoms in total. The molecule has 0 amide bonds. The van der Waals surface area contributed by atoms with Crippen molar-refractivity contribution in [1.82, 2.24) is 19.5 Å². The molecule has 0 aliphatic carbocycles. The SMILES string of the molecule is COc1ccc(CNc2nc(-n3ccnc3C)nc3scc(C)c23)cc1OC. The van der Waals surface area contributed by atoms with E-state index >= 15 is 0 Å². The Labute approximate surface area is 167 Å². The van der Waals surface area contributed by atoms with Crippen molar-refractivity contribution in [2.24, 2.45) is 0 Å². The lowest BCUT2D eigenvalue weighted by molar-refractivity contribution is 0.354. The van der Waals surface area contributed by atoms with E-state index in [1.54, 1.807) is 31.8 Å². The highest BCUT2D eigenvalue weighted by Gasteiger charge is 2.14. The molecule has 0 aliphatic rings. The van der Waals surface area contributed by atoms with Crippen LogP contribution in [0, 0.1) is 13.8 Å². The van der Waals surface area contributed by atoms with E-state index in [0.717, 1.165) is 33.0 Å². The lowest BCUT2D eigenvalue weighted by Crippen LogP contribution is -2.08. The van der Waals surface area contributed by atoms with Crippen molar-refractivity contribution in [1.29, 1.82) is 0 Å². The maximum atomic E-state index is 5.40. The molecule has 3 aromatic heterocycles. The Bertz CT molecular complexity index is 1140. The zero-order valence-corrected chi connectivity index (χ0v) is 17.0. The van der Waals surface area contributed by atoms with Crippen LogP contribution in [-0.2, 0) is 6.54 Å². The zero-order valence-electron chi connectivity index (χ0n) is 16.2.